The van der Waals surface area contributed by atoms with Gasteiger partial charge in [-0.1, -0.05) is 0 Å². The van der Waals surface area contributed by atoms with Crippen LogP contribution in [-0.2, 0) is 4.79 Å². The second kappa shape index (κ2) is 5.29. The summed E-state index contributed by atoms with van der Waals surface area (Å²) in [6.07, 6.45) is -5.16. The maximum absolute atomic E-state index is 10.6. The lowest BCUT2D eigenvalue weighted by Crippen LogP contribution is -2.21. The van der Waals surface area contributed by atoms with Crippen molar-refractivity contribution < 1.29 is 33.3 Å². The largest absolute Gasteiger partial charge is 0.490 e. The van der Waals surface area contributed by atoms with Crippen LogP contribution in [0, 0.1) is 0 Å². The number of carboxylic acids is 1. The minimum Gasteiger partial charge on any atom is -0.475 e. The molecule has 0 aliphatic heterocycles. The van der Waals surface area contributed by atoms with Gasteiger partial charge in [0.25, 0.3) is 0 Å². The molecule has 0 aromatic rings. The third kappa shape index (κ3) is 5.55. The van der Waals surface area contributed by atoms with Crippen LogP contribution in [0.4, 0.5) is 13.2 Å². The number of hydrogen-bond acceptors (Lipinski definition) is 4. The fourth-order valence-electron chi connectivity index (χ4n) is 1.03. The number of carbonyl (C=O) groups is 1. The Kier molecular flexibility index (Phi) is 4.98. The molecule has 1 saturated carbocycles. The standard InChI is InChI=1S/C5H11NO2.C2HF3O2/c6-3-1-4(7)5(8)2-3;3-2(4,5)1(6)7/h3-5,7-8H,1-2,6H2;(H,6,7). The molecule has 0 saturated heterocycles. The number of nitrogens with two attached hydrogens (primary N) is 1. The van der Waals surface area contributed by atoms with Gasteiger partial charge in [0.15, 0.2) is 0 Å². The first-order chi connectivity index (χ1) is 6.64. The Labute approximate surface area is 83.3 Å². The molecule has 5 nitrogen and oxygen atoms in total. The quantitative estimate of drug-likeness (QED) is 0.448. The molecule has 0 aromatic carbocycles. The predicted molar refractivity (Wildman–Crippen MR) is 42.9 cm³/mol. The predicted octanol–water partition coefficient (Wildman–Crippen LogP) is -0.537. The van der Waals surface area contributed by atoms with Gasteiger partial charge in [-0.05, 0) is 12.8 Å². The molecule has 0 spiro atoms. The number of aliphatic hydroxyl groups is 2. The zero-order chi connectivity index (χ0) is 12.2. The topological polar surface area (TPSA) is 104 Å². The van der Waals surface area contributed by atoms with Crippen molar-refractivity contribution in [2.24, 2.45) is 5.73 Å². The third-order valence-electron chi connectivity index (χ3n) is 1.78. The molecule has 5 N–H and O–H groups in total. The fourth-order valence-corrected chi connectivity index (χ4v) is 1.03. The van der Waals surface area contributed by atoms with Gasteiger partial charge in [0.2, 0.25) is 0 Å². The lowest BCUT2D eigenvalue weighted by Gasteiger charge is -2.02. The van der Waals surface area contributed by atoms with Gasteiger partial charge in [0, 0.05) is 6.04 Å². The summed E-state index contributed by atoms with van der Waals surface area (Å²) >= 11 is 0. The van der Waals surface area contributed by atoms with Crippen molar-refractivity contribution in [2.75, 3.05) is 0 Å². The van der Waals surface area contributed by atoms with Crippen molar-refractivity contribution in [1.29, 1.82) is 0 Å². The van der Waals surface area contributed by atoms with Crippen LogP contribution in [0.1, 0.15) is 12.8 Å². The molecule has 0 radical (unpaired) electrons. The van der Waals surface area contributed by atoms with Gasteiger partial charge >= 0.3 is 12.1 Å². The van der Waals surface area contributed by atoms with E-state index >= 15 is 0 Å². The van der Waals surface area contributed by atoms with Crippen LogP contribution in [0.15, 0.2) is 0 Å². The highest BCUT2D eigenvalue weighted by atomic mass is 19.4. The Morgan fingerprint density at radius 1 is 1.20 bits per heavy atom. The highest BCUT2D eigenvalue weighted by Gasteiger charge is 2.38. The van der Waals surface area contributed by atoms with E-state index in [1.54, 1.807) is 0 Å². The van der Waals surface area contributed by atoms with Crippen molar-refractivity contribution in [3.63, 3.8) is 0 Å². The molecule has 0 bridgehead atoms. The molecular weight excluding hydrogens is 219 g/mol. The molecule has 2 unspecified atom stereocenters. The molecule has 2 atom stereocenters. The SMILES string of the molecule is NC1CC(O)C(O)C1.O=C(O)C(F)(F)F. The number of carboxylic acid groups (broad SMARTS) is 1. The molecule has 1 rings (SSSR count). The van der Waals surface area contributed by atoms with Crippen LogP contribution in [-0.4, -0.2) is 45.7 Å². The minimum absolute atomic E-state index is 0.000000000000000444. The molecule has 1 aliphatic carbocycles. The molecule has 15 heavy (non-hydrogen) atoms. The van der Waals surface area contributed by atoms with Crippen LogP contribution in [0.2, 0.25) is 0 Å². The zero-order valence-corrected chi connectivity index (χ0v) is 7.61. The van der Waals surface area contributed by atoms with E-state index in [2.05, 4.69) is 0 Å². The van der Waals surface area contributed by atoms with E-state index in [-0.39, 0.29) is 6.04 Å². The number of halogens is 3. The second-order valence-electron chi connectivity index (χ2n) is 3.17. The van der Waals surface area contributed by atoms with Gasteiger partial charge in [0.05, 0.1) is 12.2 Å². The van der Waals surface area contributed by atoms with Crippen molar-refractivity contribution in [1.82, 2.24) is 0 Å². The number of aliphatic carboxylic acids is 1. The van der Waals surface area contributed by atoms with Crippen molar-refractivity contribution in [3.8, 4) is 0 Å². The van der Waals surface area contributed by atoms with Crippen molar-refractivity contribution in [2.45, 2.75) is 37.3 Å². The van der Waals surface area contributed by atoms with Gasteiger partial charge in [-0.15, -0.1) is 0 Å². The number of rotatable bonds is 0. The molecular formula is C7H12F3NO4. The van der Waals surface area contributed by atoms with E-state index in [1.165, 1.54) is 0 Å². The first kappa shape index (κ1) is 14.1. The molecule has 0 aromatic heterocycles. The van der Waals surface area contributed by atoms with Crippen LogP contribution < -0.4 is 5.73 Å². The summed E-state index contributed by atoms with van der Waals surface area (Å²) in [5, 5.41) is 24.8. The molecule has 1 aliphatic rings. The Morgan fingerprint density at radius 3 is 1.53 bits per heavy atom. The average Bonchev–Trinajstić information content (AvgIpc) is 2.28. The highest BCUT2D eigenvalue weighted by molar-refractivity contribution is 5.73. The summed E-state index contributed by atoms with van der Waals surface area (Å²) in [5.41, 5.74) is 5.40. The smallest absolute Gasteiger partial charge is 0.475 e. The Hall–Kier alpha value is -0.860. The molecule has 8 heteroatoms. The van der Waals surface area contributed by atoms with Gasteiger partial charge in [0.1, 0.15) is 0 Å². The maximum Gasteiger partial charge on any atom is 0.490 e. The summed E-state index contributed by atoms with van der Waals surface area (Å²) in [7, 11) is 0. The third-order valence-corrected chi connectivity index (χ3v) is 1.78. The lowest BCUT2D eigenvalue weighted by molar-refractivity contribution is -0.192. The van der Waals surface area contributed by atoms with E-state index in [1.807, 2.05) is 0 Å². The van der Waals surface area contributed by atoms with E-state index in [4.69, 9.17) is 25.8 Å². The van der Waals surface area contributed by atoms with E-state index in [9.17, 15) is 13.2 Å². The zero-order valence-electron chi connectivity index (χ0n) is 7.61. The summed E-state index contributed by atoms with van der Waals surface area (Å²) in [4.78, 5) is 8.90. The van der Waals surface area contributed by atoms with Crippen molar-refractivity contribution in [3.05, 3.63) is 0 Å². The Balaban J connectivity index is 0.000000265. The van der Waals surface area contributed by atoms with E-state index in [0.29, 0.717) is 12.8 Å². The van der Waals surface area contributed by atoms with E-state index in [0.717, 1.165) is 0 Å². The number of alkyl halides is 3. The molecule has 0 amide bonds. The van der Waals surface area contributed by atoms with E-state index < -0.39 is 24.4 Å². The van der Waals surface area contributed by atoms with Crippen LogP contribution in [0.25, 0.3) is 0 Å². The Morgan fingerprint density at radius 2 is 1.47 bits per heavy atom. The normalized spacial score (nSPS) is 30.7. The monoisotopic (exact) mass is 231 g/mol. The summed E-state index contributed by atoms with van der Waals surface area (Å²) < 4.78 is 31.7. The first-order valence-corrected chi connectivity index (χ1v) is 4.06. The Bertz CT molecular complexity index is 211. The summed E-state index contributed by atoms with van der Waals surface area (Å²) in [6, 6.07) is -0.000000000000000444. The number of aliphatic hydroxyl groups excluding tert-OH is 2. The van der Waals surface area contributed by atoms with Crippen molar-refractivity contribution >= 4 is 5.97 Å². The molecule has 0 heterocycles. The fraction of sp³-hybridized carbons (Fsp3) is 0.857. The van der Waals surface area contributed by atoms with Crippen LogP contribution in [0.5, 0.6) is 0 Å². The molecule has 90 valence electrons. The minimum atomic E-state index is -5.08. The van der Waals surface area contributed by atoms with Crippen LogP contribution >= 0.6 is 0 Å². The molecule has 1 fully saturated rings. The summed E-state index contributed by atoms with van der Waals surface area (Å²) in [5.74, 6) is -2.76. The average molecular weight is 231 g/mol. The maximum atomic E-state index is 10.6. The number of hydrogen-bond donors (Lipinski definition) is 4. The van der Waals surface area contributed by atoms with Crippen LogP contribution in [0.3, 0.4) is 0 Å². The lowest BCUT2D eigenvalue weighted by atomic mass is 10.3. The van der Waals surface area contributed by atoms with Gasteiger partial charge in [-0.3, -0.25) is 0 Å². The summed E-state index contributed by atoms with van der Waals surface area (Å²) in [6.45, 7) is 0. The van der Waals surface area contributed by atoms with Gasteiger partial charge < -0.3 is 21.1 Å². The van der Waals surface area contributed by atoms with Gasteiger partial charge in [-0.25, -0.2) is 4.79 Å². The highest BCUT2D eigenvalue weighted by Crippen LogP contribution is 2.17. The second-order valence-corrected chi connectivity index (χ2v) is 3.17. The first-order valence-electron chi connectivity index (χ1n) is 4.06. The van der Waals surface area contributed by atoms with Gasteiger partial charge in [-0.2, -0.15) is 13.2 Å².